The Bertz CT molecular complexity index is 571. The molecule has 2 N–H and O–H groups in total. The predicted octanol–water partition coefficient (Wildman–Crippen LogP) is 2.20. The van der Waals surface area contributed by atoms with Crippen molar-refractivity contribution in [2.45, 2.75) is 32.7 Å². The minimum Gasteiger partial charge on any atom is -0.398 e. The van der Waals surface area contributed by atoms with Crippen molar-refractivity contribution >= 4 is 5.69 Å². The highest BCUT2D eigenvalue weighted by molar-refractivity contribution is 5.74. The standard InChI is InChI=1S/C13H17N5/c1-8-4-3-5-11(12(8)14)13-15-16-17-18(13)9(2)10-6-7-10/h3-5,9-10H,6-7,14H2,1-2H3. The smallest absolute Gasteiger partial charge is 0.184 e. The average Bonchev–Trinajstić information content (AvgIpc) is 3.10. The first-order valence-corrected chi connectivity index (χ1v) is 6.32. The minimum atomic E-state index is 0.343. The molecule has 2 aromatic rings. The summed E-state index contributed by atoms with van der Waals surface area (Å²) in [7, 11) is 0. The van der Waals surface area contributed by atoms with Gasteiger partial charge in [-0.2, -0.15) is 0 Å². The molecule has 1 aliphatic rings. The van der Waals surface area contributed by atoms with Crippen molar-refractivity contribution in [3.63, 3.8) is 0 Å². The Kier molecular flexibility index (Phi) is 2.54. The first kappa shape index (κ1) is 11.2. The van der Waals surface area contributed by atoms with E-state index in [0.717, 1.165) is 22.6 Å². The van der Waals surface area contributed by atoms with Crippen LogP contribution in [0.5, 0.6) is 0 Å². The molecule has 1 unspecified atom stereocenters. The van der Waals surface area contributed by atoms with E-state index in [4.69, 9.17) is 5.73 Å². The summed E-state index contributed by atoms with van der Waals surface area (Å²) in [6.45, 7) is 4.17. The number of benzene rings is 1. The summed E-state index contributed by atoms with van der Waals surface area (Å²) in [6, 6.07) is 6.30. The quantitative estimate of drug-likeness (QED) is 0.839. The first-order valence-electron chi connectivity index (χ1n) is 6.32. The number of aromatic nitrogens is 4. The maximum atomic E-state index is 6.13. The lowest BCUT2D eigenvalue weighted by Crippen LogP contribution is -2.11. The molecule has 1 atom stereocenters. The van der Waals surface area contributed by atoms with E-state index in [2.05, 4.69) is 22.4 Å². The van der Waals surface area contributed by atoms with E-state index in [-0.39, 0.29) is 0 Å². The van der Waals surface area contributed by atoms with Gasteiger partial charge in [0.25, 0.3) is 0 Å². The SMILES string of the molecule is Cc1cccc(-c2nnnn2C(C)C2CC2)c1N. The van der Waals surface area contributed by atoms with Gasteiger partial charge in [-0.25, -0.2) is 4.68 Å². The lowest BCUT2D eigenvalue weighted by molar-refractivity contribution is 0.433. The van der Waals surface area contributed by atoms with Crippen LogP contribution in [0.3, 0.4) is 0 Å². The van der Waals surface area contributed by atoms with Crippen LogP contribution in [0.25, 0.3) is 11.4 Å². The normalized spacial score (nSPS) is 16.8. The number of rotatable bonds is 3. The van der Waals surface area contributed by atoms with Crippen molar-refractivity contribution in [2.24, 2.45) is 5.92 Å². The Balaban J connectivity index is 2.06. The summed E-state index contributed by atoms with van der Waals surface area (Å²) in [5, 5.41) is 12.1. The first-order chi connectivity index (χ1) is 8.68. The monoisotopic (exact) mass is 243 g/mol. The number of aryl methyl sites for hydroxylation is 1. The van der Waals surface area contributed by atoms with Gasteiger partial charge in [0.1, 0.15) is 0 Å². The predicted molar refractivity (Wildman–Crippen MR) is 69.8 cm³/mol. The number of nitrogens with zero attached hydrogens (tertiary/aromatic N) is 4. The molecular weight excluding hydrogens is 226 g/mol. The molecule has 1 saturated carbocycles. The molecule has 5 heteroatoms. The summed E-state index contributed by atoms with van der Waals surface area (Å²) in [4.78, 5) is 0. The Morgan fingerprint density at radius 1 is 1.39 bits per heavy atom. The van der Waals surface area contributed by atoms with E-state index in [1.165, 1.54) is 12.8 Å². The summed E-state index contributed by atoms with van der Waals surface area (Å²) in [5.74, 6) is 1.48. The molecule has 0 amide bonds. The van der Waals surface area contributed by atoms with Gasteiger partial charge in [0.15, 0.2) is 5.82 Å². The van der Waals surface area contributed by atoms with Crippen LogP contribution in [0.15, 0.2) is 18.2 Å². The molecule has 1 heterocycles. The Labute approximate surface area is 106 Å². The van der Waals surface area contributed by atoms with Crippen molar-refractivity contribution in [2.75, 3.05) is 5.73 Å². The van der Waals surface area contributed by atoms with Gasteiger partial charge in [0.05, 0.1) is 6.04 Å². The molecule has 3 rings (SSSR count). The second-order valence-corrected chi connectivity index (χ2v) is 5.06. The Morgan fingerprint density at radius 2 is 2.17 bits per heavy atom. The fourth-order valence-electron chi connectivity index (χ4n) is 2.30. The van der Waals surface area contributed by atoms with Gasteiger partial charge in [-0.3, -0.25) is 0 Å². The van der Waals surface area contributed by atoms with E-state index < -0.39 is 0 Å². The largest absolute Gasteiger partial charge is 0.398 e. The van der Waals surface area contributed by atoms with Crippen LogP contribution in [-0.2, 0) is 0 Å². The topological polar surface area (TPSA) is 69.6 Å². The van der Waals surface area contributed by atoms with Gasteiger partial charge in [-0.1, -0.05) is 12.1 Å². The fraction of sp³-hybridized carbons (Fsp3) is 0.462. The van der Waals surface area contributed by atoms with Crippen molar-refractivity contribution in [3.8, 4) is 11.4 Å². The molecule has 0 spiro atoms. The molecule has 0 bridgehead atoms. The van der Waals surface area contributed by atoms with Gasteiger partial charge in [0, 0.05) is 11.3 Å². The summed E-state index contributed by atoms with van der Waals surface area (Å²) in [6.07, 6.45) is 2.54. The maximum Gasteiger partial charge on any atom is 0.184 e. The van der Waals surface area contributed by atoms with E-state index >= 15 is 0 Å². The molecule has 1 aromatic heterocycles. The Hall–Kier alpha value is -1.91. The fourth-order valence-corrected chi connectivity index (χ4v) is 2.30. The van der Waals surface area contributed by atoms with Crippen LogP contribution < -0.4 is 5.73 Å². The highest BCUT2D eigenvalue weighted by Crippen LogP contribution is 2.40. The third kappa shape index (κ3) is 1.75. The number of anilines is 1. The molecule has 1 fully saturated rings. The van der Waals surface area contributed by atoms with Gasteiger partial charge in [-0.05, 0) is 54.7 Å². The number of hydrogen-bond donors (Lipinski definition) is 1. The third-order valence-electron chi connectivity index (χ3n) is 3.75. The molecular formula is C13H17N5. The van der Waals surface area contributed by atoms with Crippen LogP contribution in [0.1, 0.15) is 31.4 Å². The van der Waals surface area contributed by atoms with Crippen molar-refractivity contribution in [1.29, 1.82) is 0 Å². The average molecular weight is 243 g/mol. The minimum absolute atomic E-state index is 0.343. The molecule has 1 aromatic carbocycles. The molecule has 94 valence electrons. The highest BCUT2D eigenvalue weighted by Gasteiger charge is 2.31. The number of tetrazole rings is 1. The van der Waals surface area contributed by atoms with E-state index in [9.17, 15) is 0 Å². The zero-order valence-electron chi connectivity index (χ0n) is 10.7. The molecule has 0 aliphatic heterocycles. The number of nitrogen functional groups attached to an aromatic ring is 1. The Morgan fingerprint density at radius 3 is 2.89 bits per heavy atom. The third-order valence-corrected chi connectivity index (χ3v) is 3.75. The highest BCUT2D eigenvalue weighted by atomic mass is 15.5. The number of nitrogens with two attached hydrogens (primary N) is 1. The van der Waals surface area contributed by atoms with E-state index in [0.29, 0.717) is 12.0 Å². The summed E-state index contributed by atoms with van der Waals surface area (Å²) < 4.78 is 1.91. The molecule has 5 nitrogen and oxygen atoms in total. The van der Waals surface area contributed by atoms with Crippen molar-refractivity contribution < 1.29 is 0 Å². The van der Waals surface area contributed by atoms with Crippen LogP contribution in [0, 0.1) is 12.8 Å². The van der Waals surface area contributed by atoms with Crippen molar-refractivity contribution in [3.05, 3.63) is 23.8 Å². The van der Waals surface area contributed by atoms with Crippen LogP contribution >= 0.6 is 0 Å². The second-order valence-electron chi connectivity index (χ2n) is 5.06. The molecule has 1 aliphatic carbocycles. The molecule has 18 heavy (non-hydrogen) atoms. The summed E-state index contributed by atoms with van der Waals surface area (Å²) >= 11 is 0. The number of hydrogen-bond acceptors (Lipinski definition) is 4. The van der Waals surface area contributed by atoms with Crippen LogP contribution in [0.4, 0.5) is 5.69 Å². The van der Waals surface area contributed by atoms with E-state index in [1.54, 1.807) is 0 Å². The lowest BCUT2D eigenvalue weighted by Gasteiger charge is -2.13. The van der Waals surface area contributed by atoms with Gasteiger partial charge in [-0.15, -0.1) is 5.10 Å². The number of para-hydroxylation sites is 1. The van der Waals surface area contributed by atoms with E-state index in [1.807, 2.05) is 29.8 Å². The van der Waals surface area contributed by atoms with Gasteiger partial charge >= 0.3 is 0 Å². The van der Waals surface area contributed by atoms with Crippen LogP contribution in [0.2, 0.25) is 0 Å². The molecule has 0 saturated heterocycles. The zero-order valence-corrected chi connectivity index (χ0v) is 10.7. The summed E-state index contributed by atoms with van der Waals surface area (Å²) in [5.41, 5.74) is 8.87. The van der Waals surface area contributed by atoms with Gasteiger partial charge in [0.2, 0.25) is 0 Å². The van der Waals surface area contributed by atoms with Crippen molar-refractivity contribution in [1.82, 2.24) is 20.2 Å². The zero-order chi connectivity index (χ0) is 12.7. The molecule has 0 radical (unpaired) electrons. The second kappa shape index (κ2) is 4.08. The van der Waals surface area contributed by atoms with Gasteiger partial charge < -0.3 is 5.73 Å². The van der Waals surface area contributed by atoms with Crippen LogP contribution in [-0.4, -0.2) is 20.2 Å². The maximum absolute atomic E-state index is 6.13. The lowest BCUT2D eigenvalue weighted by atomic mass is 10.1.